The molecule has 0 saturated carbocycles. The van der Waals surface area contributed by atoms with Gasteiger partial charge in [-0.25, -0.2) is 4.79 Å². The van der Waals surface area contributed by atoms with Crippen molar-refractivity contribution >= 4 is 12.0 Å². The van der Waals surface area contributed by atoms with Crippen LogP contribution in [0.5, 0.6) is 0 Å². The van der Waals surface area contributed by atoms with Gasteiger partial charge in [0.05, 0.1) is 13.0 Å². The van der Waals surface area contributed by atoms with E-state index in [1.807, 2.05) is 9.80 Å². The second-order valence-corrected chi connectivity index (χ2v) is 5.76. The first-order valence-corrected chi connectivity index (χ1v) is 7.23. The fourth-order valence-electron chi connectivity index (χ4n) is 3.04. The monoisotopic (exact) mass is 268 g/mol. The van der Waals surface area contributed by atoms with Crippen molar-refractivity contribution in [3.63, 3.8) is 0 Å². The number of urea groups is 1. The molecule has 2 heterocycles. The van der Waals surface area contributed by atoms with Crippen LogP contribution in [0.4, 0.5) is 4.79 Å². The molecular formula is C14H24N2O3. The number of amides is 2. The van der Waals surface area contributed by atoms with Crippen molar-refractivity contribution < 1.29 is 14.3 Å². The van der Waals surface area contributed by atoms with E-state index in [1.165, 1.54) is 13.5 Å². The summed E-state index contributed by atoms with van der Waals surface area (Å²) in [6, 6.07) is 0.148. The number of nitrogens with zero attached hydrogens (tertiary/aromatic N) is 2. The minimum absolute atomic E-state index is 0.0330. The number of carbonyl (C=O) groups is 2. The van der Waals surface area contributed by atoms with Crippen molar-refractivity contribution in [2.45, 2.75) is 32.6 Å². The van der Waals surface area contributed by atoms with Gasteiger partial charge in [-0.05, 0) is 31.6 Å². The van der Waals surface area contributed by atoms with Gasteiger partial charge in [0, 0.05) is 26.2 Å². The Balaban J connectivity index is 1.83. The Hall–Kier alpha value is -1.26. The first kappa shape index (κ1) is 14.2. The summed E-state index contributed by atoms with van der Waals surface area (Å²) in [5, 5.41) is 0. The third-order valence-electron chi connectivity index (χ3n) is 4.23. The van der Waals surface area contributed by atoms with Gasteiger partial charge in [-0.3, -0.25) is 4.79 Å². The molecule has 0 aromatic rings. The molecule has 2 amide bonds. The Labute approximate surface area is 114 Å². The quantitative estimate of drug-likeness (QED) is 0.680. The minimum Gasteiger partial charge on any atom is -0.469 e. The highest BCUT2D eigenvalue weighted by atomic mass is 16.5. The molecule has 0 spiro atoms. The molecule has 0 N–H and O–H groups in total. The van der Waals surface area contributed by atoms with Gasteiger partial charge in [-0.1, -0.05) is 6.92 Å². The Bertz CT molecular complexity index is 338. The average Bonchev–Trinajstić information content (AvgIpc) is 2.46. The van der Waals surface area contributed by atoms with Crippen LogP contribution < -0.4 is 0 Å². The molecule has 2 rings (SSSR count). The zero-order valence-electron chi connectivity index (χ0n) is 11.9. The molecule has 2 aliphatic rings. The lowest BCUT2D eigenvalue weighted by molar-refractivity contribution is -0.146. The lowest BCUT2D eigenvalue weighted by Gasteiger charge is -2.38. The summed E-state index contributed by atoms with van der Waals surface area (Å²) in [6.45, 7) is 5.28. The zero-order chi connectivity index (χ0) is 13.8. The number of methoxy groups -OCH3 is 1. The highest BCUT2D eigenvalue weighted by molar-refractivity contribution is 5.76. The minimum atomic E-state index is -0.140. The van der Waals surface area contributed by atoms with E-state index >= 15 is 0 Å². The molecule has 108 valence electrons. The van der Waals surface area contributed by atoms with Crippen LogP contribution in [0.15, 0.2) is 0 Å². The first-order chi connectivity index (χ1) is 9.11. The number of ether oxygens (including phenoxy) is 1. The van der Waals surface area contributed by atoms with Crippen LogP contribution in [0.1, 0.15) is 32.6 Å². The zero-order valence-corrected chi connectivity index (χ0v) is 11.9. The summed E-state index contributed by atoms with van der Waals surface area (Å²) in [6.07, 6.45) is 3.77. The van der Waals surface area contributed by atoms with Gasteiger partial charge in [-0.2, -0.15) is 0 Å². The van der Waals surface area contributed by atoms with Crippen LogP contribution >= 0.6 is 0 Å². The average molecular weight is 268 g/mol. The van der Waals surface area contributed by atoms with Crippen LogP contribution in [0.2, 0.25) is 0 Å². The van der Waals surface area contributed by atoms with E-state index in [2.05, 4.69) is 6.92 Å². The summed E-state index contributed by atoms with van der Waals surface area (Å²) in [5.74, 6) is 0.429. The van der Waals surface area contributed by atoms with E-state index in [1.54, 1.807) is 0 Å². The lowest BCUT2D eigenvalue weighted by Crippen LogP contribution is -2.50. The van der Waals surface area contributed by atoms with Crippen molar-refractivity contribution in [1.82, 2.24) is 9.80 Å². The number of carbonyl (C=O) groups excluding carboxylic acids is 2. The first-order valence-electron chi connectivity index (χ1n) is 7.23. The van der Waals surface area contributed by atoms with Crippen molar-refractivity contribution in [2.75, 3.05) is 33.3 Å². The second kappa shape index (κ2) is 6.26. The van der Waals surface area contributed by atoms with Crippen molar-refractivity contribution in [3.8, 4) is 0 Å². The topological polar surface area (TPSA) is 49.9 Å². The number of hydrogen-bond acceptors (Lipinski definition) is 3. The summed E-state index contributed by atoms with van der Waals surface area (Å²) in [4.78, 5) is 27.7. The van der Waals surface area contributed by atoms with Crippen LogP contribution in [0.3, 0.4) is 0 Å². The van der Waals surface area contributed by atoms with E-state index in [0.29, 0.717) is 19.0 Å². The molecule has 19 heavy (non-hydrogen) atoms. The van der Waals surface area contributed by atoms with Crippen molar-refractivity contribution in [2.24, 2.45) is 11.8 Å². The second-order valence-electron chi connectivity index (χ2n) is 5.76. The van der Waals surface area contributed by atoms with Gasteiger partial charge in [-0.15, -0.1) is 0 Å². The Morgan fingerprint density at radius 1 is 1.05 bits per heavy atom. The molecule has 0 radical (unpaired) electrons. The molecule has 2 aliphatic heterocycles. The maximum Gasteiger partial charge on any atom is 0.320 e. The predicted octanol–water partition coefficient (Wildman–Crippen LogP) is 1.72. The Morgan fingerprint density at radius 2 is 1.74 bits per heavy atom. The third-order valence-corrected chi connectivity index (χ3v) is 4.23. The molecule has 0 aliphatic carbocycles. The van der Waals surface area contributed by atoms with Gasteiger partial charge >= 0.3 is 12.0 Å². The number of piperidine rings is 2. The largest absolute Gasteiger partial charge is 0.469 e. The lowest BCUT2D eigenvalue weighted by atomic mass is 9.97. The fraction of sp³-hybridized carbons (Fsp3) is 0.857. The molecular weight excluding hydrogens is 244 g/mol. The highest BCUT2D eigenvalue weighted by Gasteiger charge is 2.31. The number of esters is 1. The summed E-state index contributed by atoms with van der Waals surface area (Å²) in [5.41, 5.74) is 0. The van der Waals surface area contributed by atoms with Gasteiger partial charge in [0.15, 0.2) is 0 Å². The Kier molecular flexibility index (Phi) is 4.66. The summed E-state index contributed by atoms with van der Waals surface area (Å²) >= 11 is 0. The van der Waals surface area contributed by atoms with Crippen molar-refractivity contribution in [1.29, 1.82) is 0 Å². The van der Waals surface area contributed by atoms with E-state index < -0.39 is 0 Å². The summed E-state index contributed by atoms with van der Waals surface area (Å²) in [7, 11) is 1.43. The molecule has 0 aromatic carbocycles. The standard InChI is InChI=1S/C14H24N2O3/c1-11-4-3-7-16(10-11)14(18)15-8-5-12(6-9-15)13(17)19-2/h11-12H,3-10H2,1-2H3. The summed E-state index contributed by atoms with van der Waals surface area (Å²) < 4.78 is 4.76. The molecule has 0 aromatic heterocycles. The van der Waals surface area contributed by atoms with Crippen LogP contribution in [-0.4, -0.2) is 55.1 Å². The van der Waals surface area contributed by atoms with Gasteiger partial charge in [0.25, 0.3) is 0 Å². The van der Waals surface area contributed by atoms with Gasteiger partial charge < -0.3 is 14.5 Å². The van der Waals surface area contributed by atoms with Gasteiger partial charge in [0.2, 0.25) is 0 Å². The highest BCUT2D eigenvalue weighted by Crippen LogP contribution is 2.22. The fourth-order valence-corrected chi connectivity index (χ4v) is 3.04. The number of rotatable bonds is 1. The van der Waals surface area contributed by atoms with E-state index in [9.17, 15) is 9.59 Å². The Morgan fingerprint density at radius 3 is 2.32 bits per heavy atom. The van der Waals surface area contributed by atoms with E-state index in [4.69, 9.17) is 4.74 Å². The number of hydrogen-bond donors (Lipinski definition) is 0. The third kappa shape index (κ3) is 3.39. The van der Waals surface area contributed by atoms with Crippen LogP contribution in [0, 0.1) is 11.8 Å². The van der Waals surface area contributed by atoms with Crippen LogP contribution in [0.25, 0.3) is 0 Å². The maximum atomic E-state index is 12.4. The molecule has 0 bridgehead atoms. The molecule has 2 fully saturated rings. The normalized spacial score (nSPS) is 25.3. The SMILES string of the molecule is COC(=O)C1CCN(C(=O)N2CCCC(C)C2)CC1. The van der Waals surface area contributed by atoms with E-state index in [0.717, 1.165) is 32.4 Å². The van der Waals surface area contributed by atoms with Crippen LogP contribution in [-0.2, 0) is 9.53 Å². The van der Waals surface area contributed by atoms with Gasteiger partial charge in [0.1, 0.15) is 0 Å². The molecule has 1 unspecified atom stereocenters. The maximum absolute atomic E-state index is 12.4. The molecule has 5 heteroatoms. The predicted molar refractivity (Wildman–Crippen MR) is 71.7 cm³/mol. The smallest absolute Gasteiger partial charge is 0.320 e. The molecule has 2 saturated heterocycles. The molecule has 1 atom stereocenters. The van der Waals surface area contributed by atoms with Crippen molar-refractivity contribution in [3.05, 3.63) is 0 Å². The number of likely N-dealkylation sites (tertiary alicyclic amines) is 2. The van der Waals surface area contributed by atoms with E-state index in [-0.39, 0.29) is 17.9 Å². The molecule has 5 nitrogen and oxygen atoms in total.